The van der Waals surface area contributed by atoms with Crippen LogP contribution in [0.3, 0.4) is 0 Å². The van der Waals surface area contributed by atoms with Crippen molar-refractivity contribution < 1.29 is 14.3 Å². The molecule has 7 nitrogen and oxygen atoms in total. The lowest BCUT2D eigenvalue weighted by Gasteiger charge is -2.34. The zero-order valence-corrected chi connectivity index (χ0v) is 22.1. The number of hydrogen-bond donors (Lipinski definition) is 0. The molecule has 1 fully saturated rings. The number of rotatable bonds is 4. The van der Waals surface area contributed by atoms with Gasteiger partial charge in [-0.1, -0.05) is 18.2 Å². The molecule has 0 spiro atoms. The third-order valence-corrected chi connectivity index (χ3v) is 7.26. The summed E-state index contributed by atoms with van der Waals surface area (Å²) in [6.45, 7) is 7.52. The summed E-state index contributed by atoms with van der Waals surface area (Å²) in [4.78, 5) is 28.4. The first kappa shape index (κ1) is 25.0. The van der Waals surface area contributed by atoms with Gasteiger partial charge >= 0.3 is 6.09 Å². The molecule has 0 radical (unpaired) electrons. The van der Waals surface area contributed by atoms with E-state index in [4.69, 9.17) is 4.74 Å². The van der Waals surface area contributed by atoms with Gasteiger partial charge < -0.3 is 9.64 Å². The monoisotopic (exact) mass is 498 g/mol. The van der Waals surface area contributed by atoms with E-state index in [1.165, 1.54) is 4.68 Å². The van der Waals surface area contributed by atoms with Gasteiger partial charge in [0.1, 0.15) is 5.60 Å². The number of carbonyl (C=O) groups excluding carboxylic acids is 2. The zero-order chi connectivity index (χ0) is 26.3. The Morgan fingerprint density at radius 3 is 2.62 bits per heavy atom. The molecule has 2 aromatic rings. The van der Waals surface area contributed by atoms with Crippen molar-refractivity contribution in [2.75, 3.05) is 0 Å². The summed E-state index contributed by atoms with van der Waals surface area (Å²) < 4.78 is 6.77. The average Bonchev–Trinajstić information content (AvgIpc) is 3.59. The van der Waals surface area contributed by atoms with Gasteiger partial charge in [0.15, 0.2) is 0 Å². The fourth-order valence-electron chi connectivity index (χ4n) is 5.39. The second kappa shape index (κ2) is 9.66. The van der Waals surface area contributed by atoms with Crippen LogP contribution in [0, 0.1) is 18.3 Å². The smallest absolute Gasteiger partial charge is 0.435 e. The Kier molecular flexibility index (Phi) is 6.53. The number of benzene rings is 1. The second-order valence-corrected chi connectivity index (χ2v) is 11.3. The topological polar surface area (TPSA) is 88.2 Å². The number of fused-ring (bicyclic) bond motifs is 1. The van der Waals surface area contributed by atoms with Gasteiger partial charge in [0.2, 0.25) is 0 Å². The van der Waals surface area contributed by atoms with Crippen molar-refractivity contribution in [3.8, 4) is 6.07 Å². The van der Waals surface area contributed by atoms with E-state index in [0.717, 1.165) is 72.1 Å². The standard InChI is InChI=1S/C30H34N4O3/c1-19-15-20(9-13-25(19)26-8-6-5-7-21(26)17-31)28(35)34(23-10-11-23)24-12-14-27-22(16-24)18-33(32-27)29(36)37-30(2,3)4/h6,8-9,13,15,18,23-24H,5,7,10-12,14,16H2,1-4H3. The predicted octanol–water partition coefficient (Wildman–Crippen LogP) is 5.76. The first-order valence-corrected chi connectivity index (χ1v) is 13.2. The second-order valence-electron chi connectivity index (χ2n) is 11.3. The molecule has 1 aromatic heterocycles. The molecule has 37 heavy (non-hydrogen) atoms. The summed E-state index contributed by atoms with van der Waals surface area (Å²) in [6, 6.07) is 8.53. The lowest BCUT2D eigenvalue weighted by atomic mass is 9.89. The minimum absolute atomic E-state index is 0.0545. The van der Waals surface area contributed by atoms with Crippen molar-refractivity contribution >= 4 is 17.6 Å². The molecule has 0 saturated heterocycles. The lowest BCUT2D eigenvalue weighted by molar-refractivity contribution is 0.0513. The predicted molar refractivity (Wildman–Crippen MR) is 141 cm³/mol. The Morgan fingerprint density at radius 1 is 1.16 bits per heavy atom. The number of nitriles is 1. The van der Waals surface area contributed by atoms with E-state index in [1.54, 1.807) is 6.20 Å². The van der Waals surface area contributed by atoms with Crippen molar-refractivity contribution in [2.24, 2.45) is 0 Å². The van der Waals surface area contributed by atoms with Crippen LogP contribution in [0.15, 0.2) is 42.1 Å². The Bertz CT molecular complexity index is 1350. The number of aryl methyl sites for hydroxylation is 2. The summed E-state index contributed by atoms with van der Waals surface area (Å²) in [5, 5.41) is 14.0. The quantitative estimate of drug-likeness (QED) is 0.534. The van der Waals surface area contributed by atoms with Crippen molar-refractivity contribution in [1.82, 2.24) is 14.7 Å². The molecular weight excluding hydrogens is 464 g/mol. The van der Waals surface area contributed by atoms with Crippen LogP contribution in [0.4, 0.5) is 4.79 Å². The summed E-state index contributed by atoms with van der Waals surface area (Å²) in [5.74, 6) is 0.0545. The van der Waals surface area contributed by atoms with E-state index in [2.05, 4.69) is 22.1 Å². The molecule has 7 heteroatoms. The Hall–Kier alpha value is -3.66. The summed E-state index contributed by atoms with van der Waals surface area (Å²) in [6.07, 6.45) is 11.3. The van der Waals surface area contributed by atoms with E-state index in [9.17, 15) is 14.9 Å². The minimum atomic E-state index is -0.588. The molecule has 1 saturated carbocycles. The molecule has 0 N–H and O–H groups in total. The van der Waals surface area contributed by atoms with Gasteiger partial charge in [-0.2, -0.15) is 15.0 Å². The highest BCUT2D eigenvalue weighted by Crippen LogP contribution is 2.36. The van der Waals surface area contributed by atoms with E-state index in [1.807, 2.05) is 52.0 Å². The number of carbonyl (C=O) groups is 2. The van der Waals surface area contributed by atoms with Crippen LogP contribution >= 0.6 is 0 Å². The number of nitrogens with zero attached hydrogens (tertiary/aromatic N) is 4. The van der Waals surface area contributed by atoms with Gasteiger partial charge in [-0.3, -0.25) is 4.79 Å². The third-order valence-electron chi connectivity index (χ3n) is 7.26. The first-order valence-electron chi connectivity index (χ1n) is 13.2. The van der Waals surface area contributed by atoms with Crippen molar-refractivity contribution in [3.63, 3.8) is 0 Å². The molecule has 1 amide bonds. The number of aromatic nitrogens is 2. The average molecular weight is 499 g/mol. The van der Waals surface area contributed by atoms with Gasteiger partial charge in [0, 0.05) is 29.4 Å². The fraction of sp³-hybridized carbons (Fsp3) is 0.467. The zero-order valence-electron chi connectivity index (χ0n) is 22.1. The Balaban J connectivity index is 1.36. The maximum Gasteiger partial charge on any atom is 0.435 e. The largest absolute Gasteiger partial charge is 0.442 e. The van der Waals surface area contributed by atoms with Gasteiger partial charge in [-0.15, -0.1) is 0 Å². The number of allylic oxidation sites excluding steroid dienone is 4. The highest BCUT2D eigenvalue weighted by molar-refractivity contribution is 5.96. The molecular formula is C30H34N4O3. The van der Waals surface area contributed by atoms with E-state index in [-0.39, 0.29) is 18.0 Å². The van der Waals surface area contributed by atoms with Gasteiger partial charge in [-0.05, 0) is 107 Å². The highest BCUT2D eigenvalue weighted by Gasteiger charge is 2.40. The lowest BCUT2D eigenvalue weighted by Crippen LogP contribution is -2.44. The maximum absolute atomic E-state index is 13.8. The Labute approximate surface area is 218 Å². The van der Waals surface area contributed by atoms with Crippen LogP contribution in [0.1, 0.15) is 85.6 Å². The SMILES string of the molecule is Cc1cc(C(=O)N(C2CC2)C2CCc3nn(C(=O)OC(C)(C)C)cc3C2)ccc1C1=C(C#N)CCC=C1. The van der Waals surface area contributed by atoms with Gasteiger partial charge in [-0.25, -0.2) is 4.79 Å². The van der Waals surface area contributed by atoms with Crippen LogP contribution in [0.2, 0.25) is 0 Å². The minimum Gasteiger partial charge on any atom is -0.442 e. The van der Waals surface area contributed by atoms with Crippen LogP contribution < -0.4 is 0 Å². The van der Waals surface area contributed by atoms with Gasteiger partial charge in [0.25, 0.3) is 5.91 Å². The van der Waals surface area contributed by atoms with E-state index < -0.39 is 11.7 Å². The van der Waals surface area contributed by atoms with Crippen LogP contribution in [0.25, 0.3) is 5.57 Å². The molecule has 0 aliphatic heterocycles. The Morgan fingerprint density at radius 2 is 1.95 bits per heavy atom. The maximum atomic E-state index is 13.8. The molecule has 5 rings (SSSR count). The molecule has 3 aliphatic carbocycles. The molecule has 1 atom stereocenters. The molecule has 1 unspecified atom stereocenters. The molecule has 192 valence electrons. The fourth-order valence-corrected chi connectivity index (χ4v) is 5.39. The molecule has 0 bridgehead atoms. The molecule has 1 heterocycles. The first-order chi connectivity index (χ1) is 17.6. The van der Waals surface area contributed by atoms with Crippen LogP contribution in [-0.4, -0.2) is 44.4 Å². The summed E-state index contributed by atoms with van der Waals surface area (Å²) in [5.41, 5.74) is 5.79. The van der Waals surface area contributed by atoms with Crippen molar-refractivity contribution in [1.29, 1.82) is 5.26 Å². The molecule has 3 aliphatic rings. The highest BCUT2D eigenvalue weighted by atomic mass is 16.6. The van der Waals surface area contributed by atoms with Gasteiger partial charge in [0.05, 0.1) is 11.8 Å². The number of hydrogen-bond acceptors (Lipinski definition) is 5. The van der Waals surface area contributed by atoms with Crippen molar-refractivity contribution in [2.45, 2.75) is 90.3 Å². The van der Waals surface area contributed by atoms with E-state index in [0.29, 0.717) is 12.0 Å². The summed E-state index contributed by atoms with van der Waals surface area (Å²) in [7, 11) is 0. The number of amides is 1. The normalized spacial score (nSPS) is 19.3. The van der Waals surface area contributed by atoms with E-state index >= 15 is 0 Å². The summed E-state index contributed by atoms with van der Waals surface area (Å²) >= 11 is 0. The van der Waals surface area contributed by atoms with Crippen molar-refractivity contribution in [3.05, 3.63) is 70.1 Å². The number of ether oxygens (including phenoxy) is 1. The molecule has 1 aromatic carbocycles. The third kappa shape index (κ3) is 5.24. The van der Waals surface area contributed by atoms with Crippen LogP contribution in [-0.2, 0) is 17.6 Å². The van der Waals surface area contributed by atoms with Crippen LogP contribution in [0.5, 0.6) is 0 Å².